The van der Waals surface area contributed by atoms with Crippen molar-refractivity contribution >= 4 is 28.3 Å². The first kappa shape index (κ1) is 21.6. The minimum atomic E-state index is -0.505. The Morgan fingerprint density at radius 3 is 2.65 bits per heavy atom. The molecule has 4 aromatic rings. The average molecular weight is 458 g/mol. The van der Waals surface area contributed by atoms with Gasteiger partial charge in [-0.05, 0) is 24.3 Å². The molecule has 8 nitrogen and oxygen atoms in total. The van der Waals surface area contributed by atoms with Crippen molar-refractivity contribution in [1.29, 1.82) is 0 Å². The molecule has 1 aliphatic heterocycles. The number of hydrogen-bond acceptors (Lipinski definition) is 7. The SMILES string of the molecule is COc1cc(OC)c(F)c(N(CC2=NCC=C2)c2ccc3ncc(-c4cnn(C)c4)cc3n2)c1. The Bertz CT molecular complexity index is 1430. The largest absolute Gasteiger partial charge is 0.497 e. The molecule has 0 amide bonds. The standard InChI is InChI=1S/C25H23FN6O2/c1-31-14-17(13-29-31)16-9-21-20(28-12-16)6-7-24(30-21)32(15-18-5-4-8-27-18)22-10-19(33-2)11-23(34-3)25(22)26/h4-7,9-14H,8,15H2,1-3H3. The number of methoxy groups -OCH3 is 2. The lowest BCUT2D eigenvalue weighted by molar-refractivity contribution is 0.374. The van der Waals surface area contributed by atoms with Crippen molar-refractivity contribution in [3.8, 4) is 22.6 Å². The summed E-state index contributed by atoms with van der Waals surface area (Å²) < 4.78 is 27.9. The predicted molar refractivity (Wildman–Crippen MR) is 130 cm³/mol. The van der Waals surface area contributed by atoms with Gasteiger partial charge in [0.1, 0.15) is 11.6 Å². The molecule has 0 N–H and O–H groups in total. The molecule has 0 atom stereocenters. The van der Waals surface area contributed by atoms with Gasteiger partial charge in [-0.2, -0.15) is 5.10 Å². The first-order valence-electron chi connectivity index (χ1n) is 10.7. The van der Waals surface area contributed by atoms with Gasteiger partial charge in [-0.25, -0.2) is 9.37 Å². The van der Waals surface area contributed by atoms with Crippen LogP contribution < -0.4 is 14.4 Å². The molecule has 9 heteroatoms. The van der Waals surface area contributed by atoms with Crippen LogP contribution in [0.25, 0.3) is 22.2 Å². The number of aliphatic imine (C=N–C) groups is 1. The van der Waals surface area contributed by atoms with E-state index in [2.05, 4.69) is 15.1 Å². The molecule has 0 radical (unpaired) electrons. The number of pyridine rings is 2. The highest BCUT2D eigenvalue weighted by Crippen LogP contribution is 2.37. The summed E-state index contributed by atoms with van der Waals surface area (Å²) in [7, 11) is 4.82. The van der Waals surface area contributed by atoms with Crippen molar-refractivity contribution in [3.05, 3.63) is 66.9 Å². The van der Waals surface area contributed by atoms with Crippen molar-refractivity contribution < 1.29 is 13.9 Å². The van der Waals surface area contributed by atoms with Crippen molar-refractivity contribution in [3.63, 3.8) is 0 Å². The fraction of sp³-hybridized carbons (Fsp3) is 0.200. The Kier molecular flexibility index (Phi) is 5.67. The van der Waals surface area contributed by atoms with Gasteiger partial charge in [0, 0.05) is 42.7 Å². The zero-order valence-corrected chi connectivity index (χ0v) is 19.1. The number of fused-ring (bicyclic) bond motifs is 1. The number of hydrogen-bond donors (Lipinski definition) is 0. The van der Waals surface area contributed by atoms with Gasteiger partial charge in [-0.15, -0.1) is 0 Å². The van der Waals surface area contributed by atoms with Crippen LogP contribution in [-0.2, 0) is 7.05 Å². The van der Waals surface area contributed by atoms with Crippen molar-refractivity contribution in [2.24, 2.45) is 12.0 Å². The van der Waals surface area contributed by atoms with E-state index in [0.29, 0.717) is 30.2 Å². The molecular formula is C25H23FN6O2. The molecule has 0 spiro atoms. The van der Waals surface area contributed by atoms with Gasteiger partial charge in [0.25, 0.3) is 0 Å². The third-order valence-electron chi connectivity index (χ3n) is 5.61. The smallest absolute Gasteiger partial charge is 0.188 e. The zero-order chi connectivity index (χ0) is 23.7. The van der Waals surface area contributed by atoms with E-state index >= 15 is 4.39 Å². The normalized spacial score (nSPS) is 12.8. The summed E-state index contributed by atoms with van der Waals surface area (Å²) in [6.45, 7) is 0.939. The third kappa shape index (κ3) is 4.07. The van der Waals surface area contributed by atoms with Crippen molar-refractivity contribution in [2.45, 2.75) is 0 Å². The Balaban J connectivity index is 1.64. The summed E-state index contributed by atoms with van der Waals surface area (Å²) in [6.07, 6.45) is 9.39. The summed E-state index contributed by atoms with van der Waals surface area (Å²) in [5.74, 6) is 0.609. The Hall–Kier alpha value is -4.27. The van der Waals surface area contributed by atoms with Crippen LogP contribution in [0.5, 0.6) is 11.5 Å². The quantitative estimate of drug-likeness (QED) is 0.410. The topological polar surface area (TPSA) is 77.7 Å². The van der Waals surface area contributed by atoms with Crippen LogP contribution in [0, 0.1) is 5.82 Å². The lowest BCUT2D eigenvalue weighted by Crippen LogP contribution is -2.26. The second-order valence-electron chi connectivity index (χ2n) is 7.82. The molecule has 1 aliphatic rings. The molecular weight excluding hydrogens is 435 g/mol. The highest BCUT2D eigenvalue weighted by atomic mass is 19.1. The van der Waals surface area contributed by atoms with Crippen LogP contribution >= 0.6 is 0 Å². The molecule has 0 saturated carbocycles. The summed E-state index contributed by atoms with van der Waals surface area (Å²) in [6, 6.07) is 8.80. The summed E-state index contributed by atoms with van der Waals surface area (Å²) >= 11 is 0. The first-order valence-corrected chi connectivity index (χ1v) is 10.7. The van der Waals surface area contributed by atoms with Crippen LogP contribution in [0.2, 0.25) is 0 Å². The Morgan fingerprint density at radius 1 is 1.06 bits per heavy atom. The number of benzene rings is 1. The molecule has 1 aromatic carbocycles. The van der Waals surface area contributed by atoms with Gasteiger partial charge in [-0.3, -0.25) is 14.7 Å². The molecule has 172 valence electrons. The number of aromatic nitrogens is 4. The molecule has 0 saturated heterocycles. The van der Waals surface area contributed by atoms with E-state index in [4.69, 9.17) is 14.5 Å². The van der Waals surface area contributed by atoms with Gasteiger partial charge >= 0.3 is 0 Å². The van der Waals surface area contributed by atoms with Gasteiger partial charge < -0.3 is 14.4 Å². The molecule has 5 rings (SSSR count). The number of nitrogens with zero attached hydrogens (tertiary/aromatic N) is 6. The maximum absolute atomic E-state index is 15.5. The molecule has 0 unspecified atom stereocenters. The maximum atomic E-state index is 15.5. The molecule has 3 aromatic heterocycles. The molecule has 34 heavy (non-hydrogen) atoms. The monoisotopic (exact) mass is 458 g/mol. The van der Waals surface area contributed by atoms with Crippen LogP contribution in [0.3, 0.4) is 0 Å². The van der Waals surface area contributed by atoms with E-state index in [1.807, 2.05) is 43.6 Å². The van der Waals surface area contributed by atoms with Gasteiger partial charge in [0.05, 0.1) is 55.9 Å². The number of halogens is 1. The third-order valence-corrected chi connectivity index (χ3v) is 5.61. The second kappa shape index (κ2) is 8.93. The van der Waals surface area contributed by atoms with Crippen molar-refractivity contribution in [1.82, 2.24) is 19.7 Å². The minimum Gasteiger partial charge on any atom is -0.497 e. The molecule has 4 heterocycles. The molecule has 0 bridgehead atoms. The highest BCUT2D eigenvalue weighted by molar-refractivity contribution is 6.01. The average Bonchev–Trinajstić information content (AvgIpc) is 3.54. The van der Waals surface area contributed by atoms with Gasteiger partial charge in [-0.1, -0.05) is 6.08 Å². The Labute approximate surface area is 196 Å². The highest BCUT2D eigenvalue weighted by Gasteiger charge is 2.22. The van der Waals surface area contributed by atoms with E-state index in [1.165, 1.54) is 20.3 Å². The van der Waals surface area contributed by atoms with Gasteiger partial charge in [0.2, 0.25) is 0 Å². The van der Waals surface area contributed by atoms with E-state index in [0.717, 1.165) is 22.4 Å². The van der Waals surface area contributed by atoms with E-state index in [9.17, 15) is 0 Å². The fourth-order valence-corrected chi connectivity index (χ4v) is 3.86. The van der Waals surface area contributed by atoms with Crippen LogP contribution in [0.15, 0.2) is 66.1 Å². The van der Waals surface area contributed by atoms with Crippen LogP contribution in [-0.4, -0.2) is 52.8 Å². The summed E-state index contributed by atoms with van der Waals surface area (Å²) in [4.78, 5) is 15.7. The first-order chi connectivity index (χ1) is 16.6. The molecule has 0 aliphatic carbocycles. The predicted octanol–water partition coefficient (Wildman–Crippen LogP) is 4.34. The number of aryl methyl sites for hydroxylation is 1. The number of ether oxygens (including phenoxy) is 2. The van der Waals surface area contributed by atoms with E-state index in [1.54, 1.807) is 28.0 Å². The zero-order valence-electron chi connectivity index (χ0n) is 19.1. The summed E-state index contributed by atoms with van der Waals surface area (Å²) in [5.41, 5.74) is 4.36. The molecule has 0 fully saturated rings. The van der Waals surface area contributed by atoms with E-state index < -0.39 is 5.82 Å². The fourth-order valence-electron chi connectivity index (χ4n) is 3.86. The maximum Gasteiger partial charge on any atom is 0.188 e. The van der Waals surface area contributed by atoms with Gasteiger partial charge in [0.15, 0.2) is 11.6 Å². The lowest BCUT2D eigenvalue weighted by Gasteiger charge is -2.25. The van der Waals surface area contributed by atoms with Crippen LogP contribution in [0.4, 0.5) is 15.9 Å². The van der Waals surface area contributed by atoms with Crippen LogP contribution in [0.1, 0.15) is 0 Å². The van der Waals surface area contributed by atoms with Crippen molar-refractivity contribution in [2.75, 3.05) is 32.2 Å². The Morgan fingerprint density at radius 2 is 1.94 bits per heavy atom. The summed E-state index contributed by atoms with van der Waals surface area (Å²) in [5, 5.41) is 4.23. The minimum absolute atomic E-state index is 0.0876. The van der Waals surface area contributed by atoms with E-state index in [-0.39, 0.29) is 11.4 Å². The number of rotatable bonds is 7. The number of anilines is 2. The lowest BCUT2D eigenvalue weighted by atomic mass is 10.1. The second-order valence-corrected chi connectivity index (χ2v) is 7.82.